The molecule has 86 valence electrons. The summed E-state index contributed by atoms with van der Waals surface area (Å²) in [6.07, 6.45) is 2.16. The van der Waals surface area contributed by atoms with Crippen LogP contribution in [0.25, 0.3) is 0 Å². The van der Waals surface area contributed by atoms with E-state index in [9.17, 15) is 4.79 Å². The highest BCUT2D eigenvalue weighted by Crippen LogP contribution is 2.16. The Morgan fingerprint density at radius 2 is 2.40 bits per heavy atom. The Balaban J connectivity index is 1.92. The van der Waals surface area contributed by atoms with Gasteiger partial charge in [-0.05, 0) is 26.3 Å². The van der Waals surface area contributed by atoms with Crippen molar-refractivity contribution in [1.82, 2.24) is 10.2 Å². The number of hydrogen-bond donors (Lipinski definition) is 1. The number of rotatable bonds is 1. The van der Waals surface area contributed by atoms with Crippen molar-refractivity contribution < 1.29 is 9.53 Å². The molecule has 0 radical (unpaired) electrons. The van der Waals surface area contributed by atoms with E-state index >= 15 is 0 Å². The van der Waals surface area contributed by atoms with E-state index in [2.05, 4.69) is 12.2 Å². The van der Waals surface area contributed by atoms with E-state index in [1.165, 1.54) is 0 Å². The zero-order valence-electron chi connectivity index (χ0n) is 9.37. The van der Waals surface area contributed by atoms with Crippen LogP contribution < -0.4 is 5.32 Å². The molecule has 0 aromatic carbocycles. The molecule has 0 aromatic heterocycles. The lowest BCUT2D eigenvalue weighted by Crippen LogP contribution is -2.51. The summed E-state index contributed by atoms with van der Waals surface area (Å²) >= 11 is 0. The van der Waals surface area contributed by atoms with Crippen LogP contribution in [0, 0.1) is 5.92 Å². The molecule has 2 saturated heterocycles. The summed E-state index contributed by atoms with van der Waals surface area (Å²) in [6.45, 7) is 6.11. The Kier molecular flexibility index (Phi) is 3.59. The van der Waals surface area contributed by atoms with Gasteiger partial charge >= 0.3 is 0 Å². The Morgan fingerprint density at radius 3 is 3.07 bits per heavy atom. The molecular weight excluding hydrogens is 192 g/mol. The minimum absolute atomic E-state index is 0.194. The van der Waals surface area contributed by atoms with Crippen molar-refractivity contribution in [1.29, 1.82) is 0 Å². The van der Waals surface area contributed by atoms with Crippen molar-refractivity contribution in [2.45, 2.75) is 25.8 Å². The van der Waals surface area contributed by atoms with E-state index in [1.807, 2.05) is 4.90 Å². The molecule has 0 spiro atoms. The Morgan fingerprint density at radius 1 is 1.53 bits per heavy atom. The molecule has 2 heterocycles. The van der Waals surface area contributed by atoms with E-state index < -0.39 is 0 Å². The van der Waals surface area contributed by atoms with Gasteiger partial charge in [0.05, 0.1) is 25.2 Å². The molecule has 2 rings (SSSR count). The summed E-state index contributed by atoms with van der Waals surface area (Å²) in [4.78, 5) is 14.2. The van der Waals surface area contributed by atoms with Gasteiger partial charge in [0.2, 0.25) is 5.91 Å². The first-order chi connectivity index (χ1) is 7.29. The minimum atomic E-state index is 0.194. The van der Waals surface area contributed by atoms with Crippen molar-refractivity contribution in [3.8, 4) is 0 Å². The molecule has 4 heteroatoms. The third-order valence-electron chi connectivity index (χ3n) is 3.30. The van der Waals surface area contributed by atoms with Gasteiger partial charge in [-0.1, -0.05) is 0 Å². The normalized spacial score (nSPS) is 32.7. The summed E-state index contributed by atoms with van der Waals surface area (Å²) in [7, 11) is 0. The zero-order chi connectivity index (χ0) is 10.7. The lowest BCUT2D eigenvalue weighted by atomic mass is 9.97. The van der Waals surface area contributed by atoms with Crippen molar-refractivity contribution in [2.24, 2.45) is 5.92 Å². The lowest BCUT2D eigenvalue weighted by Gasteiger charge is -2.36. The summed E-state index contributed by atoms with van der Waals surface area (Å²) in [5, 5.41) is 3.29. The number of piperidine rings is 1. The van der Waals surface area contributed by atoms with Gasteiger partial charge in [-0.25, -0.2) is 0 Å². The zero-order valence-corrected chi connectivity index (χ0v) is 9.37. The summed E-state index contributed by atoms with van der Waals surface area (Å²) in [5.41, 5.74) is 0. The van der Waals surface area contributed by atoms with Gasteiger partial charge in [0.25, 0.3) is 0 Å². The number of carbonyl (C=O) groups is 1. The summed E-state index contributed by atoms with van der Waals surface area (Å²) < 4.78 is 5.34. The van der Waals surface area contributed by atoms with Crippen molar-refractivity contribution in [3.05, 3.63) is 0 Å². The molecule has 2 atom stereocenters. The molecular formula is C11H20N2O2. The van der Waals surface area contributed by atoms with Crippen LogP contribution >= 0.6 is 0 Å². The van der Waals surface area contributed by atoms with Gasteiger partial charge < -0.3 is 15.0 Å². The van der Waals surface area contributed by atoms with E-state index in [4.69, 9.17) is 4.74 Å². The second-order valence-electron chi connectivity index (χ2n) is 4.50. The number of nitrogens with zero attached hydrogens (tertiary/aromatic N) is 1. The third-order valence-corrected chi connectivity index (χ3v) is 3.30. The summed E-state index contributed by atoms with van der Waals surface area (Å²) in [6, 6.07) is 0.244. The third kappa shape index (κ3) is 2.49. The molecule has 0 bridgehead atoms. The highest BCUT2D eigenvalue weighted by Gasteiger charge is 2.30. The molecule has 2 fully saturated rings. The molecule has 4 nitrogen and oxygen atoms in total. The maximum atomic E-state index is 12.2. The number of ether oxygens (including phenoxy) is 1. The van der Waals surface area contributed by atoms with Crippen molar-refractivity contribution in [2.75, 3.05) is 32.8 Å². The van der Waals surface area contributed by atoms with Gasteiger partial charge in [0.15, 0.2) is 0 Å². The Hall–Kier alpha value is -0.610. The topological polar surface area (TPSA) is 41.6 Å². The maximum absolute atomic E-state index is 12.2. The first kappa shape index (κ1) is 10.9. The van der Waals surface area contributed by atoms with E-state index in [1.54, 1.807) is 0 Å². The SMILES string of the molecule is CC1COCCN1C(=O)[C@@H]1CCCNC1. The quantitative estimate of drug-likeness (QED) is 0.676. The van der Waals surface area contributed by atoms with Crippen LogP contribution in [0.4, 0.5) is 0 Å². The van der Waals surface area contributed by atoms with E-state index in [0.29, 0.717) is 19.1 Å². The van der Waals surface area contributed by atoms with E-state index in [0.717, 1.165) is 32.5 Å². The fourth-order valence-electron chi connectivity index (χ4n) is 2.35. The molecule has 15 heavy (non-hydrogen) atoms. The average Bonchev–Trinajstić information content (AvgIpc) is 2.30. The number of amides is 1. The van der Waals surface area contributed by atoms with Crippen LogP contribution in [0.15, 0.2) is 0 Å². The minimum Gasteiger partial charge on any atom is -0.377 e. The molecule has 1 unspecified atom stereocenters. The van der Waals surface area contributed by atoms with Crippen LogP contribution in [-0.4, -0.2) is 49.7 Å². The number of nitrogens with one attached hydrogen (secondary N) is 1. The molecule has 1 amide bonds. The largest absolute Gasteiger partial charge is 0.377 e. The molecule has 0 saturated carbocycles. The van der Waals surface area contributed by atoms with Crippen LogP contribution in [0.1, 0.15) is 19.8 Å². The second-order valence-corrected chi connectivity index (χ2v) is 4.50. The Labute approximate surface area is 91.0 Å². The van der Waals surface area contributed by atoms with Gasteiger partial charge in [0.1, 0.15) is 0 Å². The Bertz CT molecular complexity index is 227. The lowest BCUT2D eigenvalue weighted by molar-refractivity contribution is -0.144. The highest BCUT2D eigenvalue weighted by atomic mass is 16.5. The predicted molar refractivity (Wildman–Crippen MR) is 57.6 cm³/mol. The van der Waals surface area contributed by atoms with Crippen LogP contribution in [-0.2, 0) is 9.53 Å². The van der Waals surface area contributed by atoms with Crippen LogP contribution in [0.2, 0.25) is 0 Å². The first-order valence-corrected chi connectivity index (χ1v) is 5.88. The number of carbonyl (C=O) groups excluding carboxylic acids is 1. The van der Waals surface area contributed by atoms with Crippen LogP contribution in [0.3, 0.4) is 0 Å². The summed E-state index contributed by atoms with van der Waals surface area (Å²) in [5.74, 6) is 0.511. The average molecular weight is 212 g/mol. The molecule has 1 N–H and O–H groups in total. The molecule has 0 aromatic rings. The highest BCUT2D eigenvalue weighted by molar-refractivity contribution is 5.79. The number of morpholine rings is 1. The fraction of sp³-hybridized carbons (Fsp3) is 0.909. The first-order valence-electron chi connectivity index (χ1n) is 5.88. The van der Waals surface area contributed by atoms with Gasteiger partial charge in [-0.3, -0.25) is 4.79 Å². The van der Waals surface area contributed by atoms with Gasteiger partial charge in [-0.2, -0.15) is 0 Å². The van der Waals surface area contributed by atoms with Gasteiger partial charge in [-0.15, -0.1) is 0 Å². The standard InChI is InChI=1S/C11H20N2O2/c1-9-8-15-6-5-13(9)11(14)10-3-2-4-12-7-10/h9-10,12H,2-8H2,1H3/t9?,10-/m1/s1. The van der Waals surface area contributed by atoms with Crippen molar-refractivity contribution >= 4 is 5.91 Å². The molecule has 2 aliphatic heterocycles. The smallest absolute Gasteiger partial charge is 0.227 e. The van der Waals surface area contributed by atoms with E-state index in [-0.39, 0.29) is 12.0 Å². The molecule has 0 aliphatic carbocycles. The predicted octanol–water partition coefficient (Wildman–Crippen LogP) is 0.233. The number of hydrogen-bond acceptors (Lipinski definition) is 3. The second kappa shape index (κ2) is 4.94. The van der Waals surface area contributed by atoms with Crippen molar-refractivity contribution in [3.63, 3.8) is 0 Å². The molecule has 2 aliphatic rings. The maximum Gasteiger partial charge on any atom is 0.227 e. The van der Waals surface area contributed by atoms with Crippen LogP contribution in [0.5, 0.6) is 0 Å². The fourth-order valence-corrected chi connectivity index (χ4v) is 2.35. The van der Waals surface area contributed by atoms with Gasteiger partial charge in [0, 0.05) is 13.1 Å². The monoisotopic (exact) mass is 212 g/mol.